The molecule has 0 spiro atoms. The molecule has 0 heterocycles. The number of aliphatic hydroxyl groups excluding tert-OH is 1. The third-order valence-corrected chi connectivity index (χ3v) is 4.20. The molecule has 1 aromatic rings. The highest BCUT2D eigenvalue weighted by Crippen LogP contribution is 2.39. The molecule has 4 heteroatoms. The summed E-state index contributed by atoms with van der Waals surface area (Å²) in [4.78, 5) is 0. The average Bonchev–Trinajstić information content (AvgIpc) is 2.44. The normalized spacial score (nSPS) is 23.3. The zero-order valence-electron chi connectivity index (χ0n) is 12.2. The van der Waals surface area contributed by atoms with Crippen molar-refractivity contribution < 1.29 is 18.3 Å². The monoisotopic (exact) mass is 298 g/mol. The van der Waals surface area contributed by atoms with Gasteiger partial charge in [0, 0.05) is 6.42 Å². The van der Waals surface area contributed by atoms with E-state index in [1.54, 1.807) is 6.08 Å². The van der Waals surface area contributed by atoms with Crippen molar-refractivity contribution in [2.24, 2.45) is 5.92 Å². The van der Waals surface area contributed by atoms with Crippen LogP contribution in [-0.2, 0) is 0 Å². The highest BCUT2D eigenvalue weighted by molar-refractivity contribution is 5.23. The maximum atomic E-state index is 13.3. The van der Waals surface area contributed by atoms with Crippen molar-refractivity contribution in [2.45, 2.75) is 51.4 Å². The van der Waals surface area contributed by atoms with Gasteiger partial charge in [0.2, 0.25) is 0 Å². The second kappa shape index (κ2) is 7.01. The molecule has 1 N–H and O–H groups in total. The number of hydrogen-bond acceptors (Lipinski definition) is 1. The van der Waals surface area contributed by atoms with Crippen LogP contribution in [0.15, 0.2) is 24.0 Å². The van der Waals surface area contributed by atoms with Crippen LogP contribution >= 0.6 is 0 Å². The second-order valence-corrected chi connectivity index (χ2v) is 5.84. The lowest BCUT2D eigenvalue weighted by atomic mass is 9.76. The number of halogens is 3. The van der Waals surface area contributed by atoms with E-state index < -0.39 is 17.5 Å². The number of benzene rings is 1. The molecule has 1 aliphatic carbocycles. The molecule has 1 saturated carbocycles. The van der Waals surface area contributed by atoms with Crippen molar-refractivity contribution in [3.8, 4) is 0 Å². The van der Waals surface area contributed by atoms with E-state index in [0.29, 0.717) is 23.7 Å². The topological polar surface area (TPSA) is 20.2 Å². The van der Waals surface area contributed by atoms with Crippen molar-refractivity contribution in [3.63, 3.8) is 0 Å². The molecule has 0 amide bonds. The minimum absolute atomic E-state index is 0.0303. The lowest BCUT2D eigenvalue weighted by Gasteiger charge is -2.29. The van der Waals surface area contributed by atoms with Crippen LogP contribution in [0, 0.1) is 23.4 Å². The van der Waals surface area contributed by atoms with Crippen molar-refractivity contribution >= 4 is 0 Å². The number of rotatable bonds is 4. The molecule has 1 nitrogen and oxygen atoms in total. The standard InChI is InChI=1S/C17H21F3O/c1-2-4-14(21)8-11-5-3-6-12(7-11)13-9-15(18)17(20)16(19)10-13/h4,9-12,21H,2-3,5-8H2,1H3/b14-4+. The van der Waals surface area contributed by atoms with Gasteiger partial charge in [0.15, 0.2) is 17.5 Å². The first-order chi connectivity index (χ1) is 10.0. The third kappa shape index (κ3) is 4.02. The summed E-state index contributed by atoms with van der Waals surface area (Å²) in [7, 11) is 0. The summed E-state index contributed by atoms with van der Waals surface area (Å²) in [6.45, 7) is 1.96. The first-order valence-electron chi connectivity index (χ1n) is 7.53. The molecule has 1 aromatic carbocycles. The van der Waals surface area contributed by atoms with Crippen LogP contribution in [0.3, 0.4) is 0 Å². The van der Waals surface area contributed by atoms with E-state index in [2.05, 4.69) is 0 Å². The van der Waals surface area contributed by atoms with Crippen LogP contribution < -0.4 is 0 Å². The van der Waals surface area contributed by atoms with Gasteiger partial charge < -0.3 is 5.11 Å². The highest BCUT2D eigenvalue weighted by atomic mass is 19.2. The summed E-state index contributed by atoms with van der Waals surface area (Å²) in [6.07, 6.45) is 6.76. The molecule has 1 aliphatic rings. The Morgan fingerprint density at radius 3 is 2.52 bits per heavy atom. The predicted octanol–water partition coefficient (Wildman–Crippen LogP) is 5.62. The molecular weight excluding hydrogens is 277 g/mol. The second-order valence-electron chi connectivity index (χ2n) is 5.84. The maximum absolute atomic E-state index is 13.3. The lowest BCUT2D eigenvalue weighted by Crippen LogP contribution is -2.15. The first-order valence-corrected chi connectivity index (χ1v) is 7.53. The molecule has 0 aliphatic heterocycles. The predicted molar refractivity (Wildman–Crippen MR) is 76.6 cm³/mol. The fourth-order valence-corrected chi connectivity index (χ4v) is 3.20. The zero-order valence-corrected chi connectivity index (χ0v) is 12.2. The first kappa shape index (κ1) is 15.9. The Hall–Kier alpha value is -1.45. The fourth-order valence-electron chi connectivity index (χ4n) is 3.20. The highest BCUT2D eigenvalue weighted by Gasteiger charge is 2.25. The lowest BCUT2D eigenvalue weighted by molar-refractivity contribution is 0.275. The maximum Gasteiger partial charge on any atom is 0.194 e. The Kier molecular flexibility index (Phi) is 5.32. The average molecular weight is 298 g/mol. The van der Waals surface area contributed by atoms with E-state index in [9.17, 15) is 18.3 Å². The summed E-state index contributed by atoms with van der Waals surface area (Å²) < 4.78 is 39.7. The van der Waals surface area contributed by atoms with Gasteiger partial charge in [-0.3, -0.25) is 0 Å². The zero-order chi connectivity index (χ0) is 15.4. The molecule has 0 saturated heterocycles. The van der Waals surface area contributed by atoms with E-state index in [1.807, 2.05) is 6.92 Å². The fraction of sp³-hybridized carbons (Fsp3) is 0.529. The van der Waals surface area contributed by atoms with Gasteiger partial charge in [-0.2, -0.15) is 0 Å². The van der Waals surface area contributed by atoms with Crippen molar-refractivity contribution in [3.05, 3.63) is 47.0 Å². The molecule has 2 atom stereocenters. The molecular formula is C17H21F3O. The molecule has 116 valence electrons. The smallest absolute Gasteiger partial charge is 0.194 e. The molecule has 0 radical (unpaired) electrons. The van der Waals surface area contributed by atoms with Gasteiger partial charge >= 0.3 is 0 Å². The Morgan fingerprint density at radius 1 is 1.24 bits per heavy atom. The largest absolute Gasteiger partial charge is 0.513 e. The van der Waals surface area contributed by atoms with E-state index in [-0.39, 0.29) is 5.92 Å². The summed E-state index contributed by atoms with van der Waals surface area (Å²) in [5.74, 6) is -2.93. The Morgan fingerprint density at radius 2 is 1.90 bits per heavy atom. The van der Waals surface area contributed by atoms with E-state index in [4.69, 9.17) is 0 Å². The Balaban J connectivity index is 2.09. The number of hydrogen-bond donors (Lipinski definition) is 1. The quantitative estimate of drug-likeness (QED) is 0.565. The van der Waals surface area contributed by atoms with E-state index in [0.717, 1.165) is 44.2 Å². The molecule has 2 unspecified atom stereocenters. The summed E-state index contributed by atoms with van der Waals surface area (Å²) >= 11 is 0. The van der Waals surface area contributed by atoms with Crippen LogP contribution in [0.5, 0.6) is 0 Å². The summed E-state index contributed by atoms with van der Waals surface area (Å²) in [5, 5.41) is 9.77. The van der Waals surface area contributed by atoms with Crippen LogP contribution in [0.1, 0.15) is 56.9 Å². The number of allylic oxidation sites excluding steroid dienone is 2. The van der Waals surface area contributed by atoms with Crippen molar-refractivity contribution in [1.29, 1.82) is 0 Å². The SMILES string of the molecule is CC/C=C(/O)CC1CCCC(c2cc(F)c(F)c(F)c2)C1. The van der Waals surface area contributed by atoms with Gasteiger partial charge in [0.25, 0.3) is 0 Å². The molecule has 21 heavy (non-hydrogen) atoms. The van der Waals surface area contributed by atoms with Gasteiger partial charge in [-0.05, 0) is 61.3 Å². The van der Waals surface area contributed by atoms with Crippen molar-refractivity contribution in [1.82, 2.24) is 0 Å². The van der Waals surface area contributed by atoms with Gasteiger partial charge in [0.1, 0.15) is 0 Å². The minimum Gasteiger partial charge on any atom is -0.513 e. The van der Waals surface area contributed by atoms with Crippen LogP contribution in [0.2, 0.25) is 0 Å². The van der Waals surface area contributed by atoms with Gasteiger partial charge in [-0.25, -0.2) is 13.2 Å². The molecule has 1 fully saturated rings. The summed E-state index contributed by atoms with van der Waals surface area (Å²) in [6, 6.07) is 2.21. The van der Waals surface area contributed by atoms with E-state index in [1.165, 1.54) is 0 Å². The van der Waals surface area contributed by atoms with Crippen LogP contribution in [0.25, 0.3) is 0 Å². The summed E-state index contributed by atoms with van der Waals surface area (Å²) in [5.41, 5.74) is 0.523. The Bertz CT molecular complexity index is 502. The molecule has 2 rings (SSSR count). The van der Waals surface area contributed by atoms with Crippen LogP contribution in [-0.4, -0.2) is 5.11 Å². The molecule has 0 aromatic heterocycles. The van der Waals surface area contributed by atoms with Gasteiger partial charge in [-0.15, -0.1) is 0 Å². The molecule has 0 bridgehead atoms. The van der Waals surface area contributed by atoms with Crippen molar-refractivity contribution in [2.75, 3.05) is 0 Å². The van der Waals surface area contributed by atoms with E-state index >= 15 is 0 Å². The van der Waals surface area contributed by atoms with Crippen LogP contribution in [0.4, 0.5) is 13.2 Å². The minimum atomic E-state index is -1.41. The van der Waals surface area contributed by atoms with Gasteiger partial charge in [-0.1, -0.05) is 13.3 Å². The van der Waals surface area contributed by atoms with Gasteiger partial charge in [0.05, 0.1) is 5.76 Å². The number of aliphatic hydroxyl groups is 1. The Labute approximate surface area is 123 Å². The third-order valence-electron chi connectivity index (χ3n) is 4.20.